The van der Waals surface area contributed by atoms with Crippen LogP contribution in [0.4, 0.5) is 16.2 Å². The number of piperidine rings is 1. The van der Waals surface area contributed by atoms with Gasteiger partial charge in [0.2, 0.25) is 0 Å². The number of non-ortho nitro benzene ring substituents is 1. The fraction of sp³-hybridized carbons (Fsp3) is 0.500. The van der Waals surface area contributed by atoms with Crippen LogP contribution in [0.3, 0.4) is 0 Å². The smallest absolute Gasteiger partial charge is 0.319 e. The number of hydrogen-bond acceptors (Lipinski definition) is 4. The van der Waals surface area contributed by atoms with E-state index in [1.54, 1.807) is 0 Å². The Morgan fingerprint density at radius 3 is 2.52 bits per heavy atom. The highest BCUT2D eigenvalue weighted by atomic mass is 16.6. The van der Waals surface area contributed by atoms with Crippen LogP contribution in [0.2, 0.25) is 0 Å². The van der Waals surface area contributed by atoms with Gasteiger partial charge < -0.3 is 15.5 Å². The van der Waals surface area contributed by atoms with E-state index in [2.05, 4.69) is 22.6 Å². The first-order valence-electron chi connectivity index (χ1n) is 7.02. The maximum Gasteiger partial charge on any atom is 0.319 e. The average Bonchev–Trinajstić information content (AvgIpc) is 2.47. The number of likely N-dealkylation sites (tertiary alicyclic amines) is 1. The standard InChI is InChI=1S/C14H20N4O3/c1-17-8-6-11(7-9-17)10-15-14(19)16-12-2-4-13(5-3-12)18(20)21/h2-5,11H,6-10H2,1H3,(H2,15,16,19). The lowest BCUT2D eigenvalue weighted by Gasteiger charge is -2.28. The molecule has 21 heavy (non-hydrogen) atoms. The summed E-state index contributed by atoms with van der Waals surface area (Å²) in [6.07, 6.45) is 2.18. The summed E-state index contributed by atoms with van der Waals surface area (Å²) in [5.74, 6) is 0.517. The SMILES string of the molecule is CN1CCC(CNC(=O)Nc2ccc([N+](=O)[O-])cc2)CC1. The van der Waals surface area contributed by atoms with Crippen LogP contribution in [0.1, 0.15) is 12.8 Å². The number of amides is 2. The summed E-state index contributed by atoms with van der Waals surface area (Å²) in [6, 6.07) is 5.50. The number of carbonyl (C=O) groups is 1. The summed E-state index contributed by atoms with van der Waals surface area (Å²) < 4.78 is 0. The van der Waals surface area contributed by atoms with E-state index in [1.807, 2.05) is 0 Å². The molecule has 1 fully saturated rings. The van der Waals surface area contributed by atoms with Gasteiger partial charge in [0.1, 0.15) is 0 Å². The lowest BCUT2D eigenvalue weighted by molar-refractivity contribution is -0.384. The predicted molar refractivity (Wildman–Crippen MR) is 80.3 cm³/mol. The number of nitro benzene ring substituents is 1. The second kappa shape index (κ2) is 7.03. The number of anilines is 1. The molecule has 0 aliphatic carbocycles. The molecule has 2 N–H and O–H groups in total. The van der Waals surface area contributed by atoms with Crippen LogP contribution in [-0.4, -0.2) is 42.5 Å². The molecule has 0 saturated carbocycles. The third-order valence-corrected chi connectivity index (χ3v) is 3.73. The highest BCUT2D eigenvalue weighted by molar-refractivity contribution is 5.89. The molecule has 0 aromatic heterocycles. The van der Waals surface area contributed by atoms with Gasteiger partial charge in [-0.15, -0.1) is 0 Å². The number of carbonyl (C=O) groups excluding carboxylic acids is 1. The first-order chi connectivity index (χ1) is 10.0. The molecule has 7 heteroatoms. The molecule has 0 unspecified atom stereocenters. The molecule has 1 aromatic rings. The molecule has 1 aromatic carbocycles. The van der Waals surface area contributed by atoms with Crippen LogP contribution in [0.5, 0.6) is 0 Å². The number of nitrogens with zero attached hydrogens (tertiary/aromatic N) is 2. The second-order valence-electron chi connectivity index (χ2n) is 5.39. The van der Waals surface area contributed by atoms with Gasteiger partial charge in [0.15, 0.2) is 0 Å². The van der Waals surface area contributed by atoms with Crippen molar-refractivity contribution in [2.75, 3.05) is 32.0 Å². The second-order valence-corrected chi connectivity index (χ2v) is 5.39. The van der Waals surface area contributed by atoms with Crippen molar-refractivity contribution in [3.05, 3.63) is 34.4 Å². The van der Waals surface area contributed by atoms with Gasteiger partial charge in [0.05, 0.1) is 4.92 Å². The molecule has 0 radical (unpaired) electrons. The monoisotopic (exact) mass is 292 g/mol. The molecule has 0 atom stereocenters. The number of hydrogen-bond donors (Lipinski definition) is 2. The predicted octanol–water partition coefficient (Wildman–Crippen LogP) is 2.06. The Hall–Kier alpha value is -2.15. The third-order valence-electron chi connectivity index (χ3n) is 3.73. The fourth-order valence-corrected chi connectivity index (χ4v) is 2.34. The summed E-state index contributed by atoms with van der Waals surface area (Å²) in [5.41, 5.74) is 0.550. The maximum atomic E-state index is 11.8. The highest BCUT2D eigenvalue weighted by Gasteiger charge is 2.17. The first-order valence-corrected chi connectivity index (χ1v) is 7.02. The summed E-state index contributed by atoms with van der Waals surface area (Å²) >= 11 is 0. The van der Waals surface area contributed by atoms with Crippen molar-refractivity contribution in [2.45, 2.75) is 12.8 Å². The molecular weight excluding hydrogens is 272 g/mol. The number of nitrogens with one attached hydrogen (secondary N) is 2. The number of rotatable bonds is 4. The van der Waals surface area contributed by atoms with Gasteiger partial charge in [-0.25, -0.2) is 4.79 Å². The van der Waals surface area contributed by atoms with E-state index in [9.17, 15) is 14.9 Å². The molecule has 114 valence electrons. The van der Waals surface area contributed by atoms with Gasteiger partial charge in [-0.1, -0.05) is 0 Å². The van der Waals surface area contributed by atoms with Crippen molar-refractivity contribution in [1.29, 1.82) is 0 Å². The van der Waals surface area contributed by atoms with Crippen LogP contribution in [0, 0.1) is 16.0 Å². The molecular formula is C14H20N4O3. The fourth-order valence-electron chi connectivity index (χ4n) is 2.34. The Morgan fingerprint density at radius 1 is 1.33 bits per heavy atom. The lowest BCUT2D eigenvalue weighted by Crippen LogP contribution is -2.38. The van der Waals surface area contributed by atoms with Gasteiger partial charge in [-0.05, 0) is 51.0 Å². The topological polar surface area (TPSA) is 87.5 Å². The van der Waals surface area contributed by atoms with E-state index in [4.69, 9.17) is 0 Å². The Kier molecular flexibility index (Phi) is 5.10. The summed E-state index contributed by atoms with van der Waals surface area (Å²) in [5, 5.41) is 16.1. The minimum Gasteiger partial charge on any atom is -0.338 e. The van der Waals surface area contributed by atoms with Crippen molar-refractivity contribution in [3.8, 4) is 0 Å². The maximum absolute atomic E-state index is 11.8. The Labute approximate surface area is 123 Å². The summed E-state index contributed by atoms with van der Waals surface area (Å²) in [4.78, 5) is 24.1. The van der Waals surface area contributed by atoms with E-state index < -0.39 is 4.92 Å². The van der Waals surface area contributed by atoms with E-state index in [1.165, 1.54) is 24.3 Å². The van der Waals surface area contributed by atoms with Gasteiger partial charge in [0.25, 0.3) is 5.69 Å². The normalized spacial score (nSPS) is 16.4. The molecule has 0 bridgehead atoms. The summed E-state index contributed by atoms with van der Waals surface area (Å²) in [6.45, 7) is 2.79. The number of nitro groups is 1. The van der Waals surface area contributed by atoms with Crippen LogP contribution in [0.15, 0.2) is 24.3 Å². The zero-order valence-corrected chi connectivity index (χ0v) is 12.0. The van der Waals surface area contributed by atoms with Crippen molar-refractivity contribution >= 4 is 17.4 Å². The van der Waals surface area contributed by atoms with E-state index in [0.29, 0.717) is 18.2 Å². The molecule has 2 rings (SSSR count). The zero-order chi connectivity index (χ0) is 15.2. The van der Waals surface area contributed by atoms with Crippen molar-refractivity contribution < 1.29 is 9.72 Å². The molecule has 7 nitrogen and oxygen atoms in total. The largest absolute Gasteiger partial charge is 0.338 e. The molecule has 1 aliphatic heterocycles. The number of benzene rings is 1. The van der Waals surface area contributed by atoms with Crippen LogP contribution in [0.25, 0.3) is 0 Å². The highest BCUT2D eigenvalue weighted by Crippen LogP contribution is 2.16. The van der Waals surface area contributed by atoms with Gasteiger partial charge in [0, 0.05) is 24.4 Å². The lowest BCUT2D eigenvalue weighted by atomic mass is 9.97. The average molecular weight is 292 g/mol. The third kappa shape index (κ3) is 4.71. The van der Waals surface area contributed by atoms with Crippen molar-refractivity contribution in [2.24, 2.45) is 5.92 Å². The van der Waals surface area contributed by atoms with E-state index in [0.717, 1.165) is 25.9 Å². The Balaban J connectivity index is 1.75. The van der Waals surface area contributed by atoms with Gasteiger partial charge in [-0.2, -0.15) is 0 Å². The van der Waals surface area contributed by atoms with Gasteiger partial charge >= 0.3 is 6.03 Å². The first kappa shape index (κ1) is 15.2. The Bertz CT molecular complexity index is 495. The van der Waals surface area contributed by atoms with Crippen LogP contribution >= 0.6 is 0 Å². The van der Waals surface area contributed by atoms with Gasteiger partial charge in [-0.3, -0.25) is 10.1 Å². The molecule has 2 amide bonds. The minimum atomic E-state index is -0.468. The van der Waals surface area contributed by atoms with Crippen molar-refractivity contribution in [3.63, 3.8) is 0 Å². The number of urea groups is 1. The van der Waals surface area contributed by atoms with E-state index >= 15 is 0 Å². The summed E-state index contributed by atoms with van der Waals surface area (Å²) in [7, 11) is 2.10. The van der Waals surface area contributed by atoms with E-state index in [-0.39, 0.29) is 11.7 Å². The molecule has 1 aliphatic rings. The Morgan fingerprint density at radius 2 is 1.95 bits per heavy atom. The minimum absolute atomic E-state index is 0.00674. The van der Waals surface area contributed by atoms with Crippen LogP contribution in [-0.2, 0) is 0 Å². The molecule has 1 heterocycles. The van der Waals surface area contributed by atoms with Crippen LogP contribution < -0.4 is 10.6 Å². The zero-order valence-electron chi connectivity index (χ0n) is 12.0. The quantitative estimate of drug-likeness (QED) is 0.657. The van der Waals surface area contributed by atoms with Crippen molar-refractivity contribution in [1.82, 2.24) is 10.2 Å². The molecule has 0 spiro atoms. The molecule has 1 saturated heterocycles.